The predicted molar refractivity (Wildman–Crippen MR) is 77.1 cm³/mol. The number of rotatable bonds is 6. The van der Waals surface area contributed by atoms with Crippen molar-refractivity contribution in [2.45, 2.75) is 57.0 Å². The van der Waals surface area contributed by atoms with Gasteiger partial charge in [-0.05, 0) is 38.5 Å². The summed E-state index contributed by atoms with van der Waals surface area (Å²) in [6, 6.07) is -0.224. The van der Waals surface area contributed by atoms with Crippen LogP contribution >= 0.6 is 0 Å². The monoisotopic (exact) mass is 282 g/mol. The lowest BCUT2D eigenvalue weighted by molar-refractivity contribution is -0.127. The maximum Gasteiger partial charge on any atom is 0.315 e. The van der Waals surface area contributed by atoms with Crippen molar-refractivity contribution >= 4 is 11.9 Å². The fourth-order valence-electron chi connectivity index (χ4n) is 2.88. The summed E-state index contributed by atoms with van der Waals surface area (Å²) in [4.78, 5) is 24.2. The van der Waals surface area contributed by atoms with Crippen LogP contribution in [0.4, 0.5) is 4.79 Å². The van der Waals surface area contributed by atoms with Crippen LogP contribution in [-0.4, -0.2) is 36.6 Å². The van der Waals surface area contributed by atoms with Crippen molar-refractivity contribution in [1.82, 2.24) is 16.0 Å². The maximum atomic E-state index is 12.4. The van der Waals surface area contributed by atoms with Crippen molar-refractivity contribution in [2.24, 2.45) is 11.7 Å². The fourth-order valence-corrected chi connectivity index (χ4v) is 2.88. The molecule has 20 heavy (non-hydrogen) atoms. The zero-order valence-electron chi connectivity index (χ0n) is 12.2. The molecule has 2 saturated carbocycles. The van der Waals surface area contributed by atoms with Crippen LogP contribution in [0.5, 0.6) is 0 Å². The SMILES string of the molecule is CCNC(=O)NC1(C(=O)NCC(N)C2CC2)CCCC1. The first-order valence-electron chi connectivity index (χ1n) is 7.67. The Hall–Kier alpha value is -1.30. The number of carbonyl (C=O) groups is 2. The molecular weight excluding hydrogens is 256 g/mol. The van der Waals surface area contributed by atoms with E-state index in [9.17, 15) is 9.59 Å². The van der Waals surface area contributed by atoms with E-state index in [0.717, 1.165) is 12.8 Å². The molecule has 114 valence electrons. The summed E-state index contributed by atoms with van der Waals surface area (Å²) in [6.07, 6.45) is 5.67. The number of hydrogen-bond acceptors (Lipinski definition) is 3. The Kier molecular flexibility index (Phi) is 4.86. The van der Waals surface area contributed by atoms with E-state index >= 15 is 0 Å². The van der Waals surface area contributed by atoms with Crippen LogP contribution in [0.1, 0.15) is 45.4 Å². The molecule has 0 aromatic carbocycles. The van der Waals surface area contributed by atoms with Crippen LogP contribution in [0.25, 0.3) is 0 Å². The molecule has 5 N–H and O–H groups in total. The molecule has 2 rings (SSSR count). The summed E-state index contributed by atoms with van der Waals surface area (Å²) in [6.45, 7) is 2.91. The predicted octanol–water partition coefficient (Wildman–Crippen LogP) is 0.472. The molecule has 0 bridgehead atoms. The zero-order valence-corrected chi connectivity index (χ0v) is 12.2. The minimum absolute atomic E-state index is 0.0434. The summed E-state index contributed by atoms with van der Waals surface area (Å²) < 4.78 is 0. The number of amides is 3. The Morgan fingerprint density at radius 2 is 1.90 bits per heavy atom. The highest BCUT2D eigenvalue weighted by molar-refractivity contribution is 5.91. The lowest BCUT2D eigenvalue weighted by atomic mass is 9.96. The number of carbonyl (C=O) groups excluding carboxylic acids is 2. The average molecular weight is 282 g/mol. The number of nitrogens with one attached hydrogen (secondary N) is 3. The smallest absolute Gasteiger partial charge is 0.315 e. The van der Waals surface area contributed by atoms with E-state index in [2.05, 4.69) is 16.0 Å². The standard InChI is InChI=1S/C14H26N4O2/c1-2-16-13(20)18-14(7-3-4-8-14)12(19)17-9-11(15)10-5-6-10/h10-11H,2-9,15H2,1H3,(H,17,19)(H2,16,18,20). The van der Waals surface area contributed by atoms with Crippen molar-refractivity contribution in [3.8, 4) is 0 Å². The third-order valence-corrected chi connectivity index (χ3v) is 4.31. The summed E-state index contributed by atoms with van der Waals surface area (Å²) in [5, 5.41) is 8.48. The van der Waals surface area contributed by atoms with Gasteiger partial charge < -0.3 is 21.7 Å². The molecule has 3 amide bonds. The van der Waals surface area contributed by atoms with Crippen molar-refractivity contribution < 1.29 is 9.59 Å². The Morgan fingerprint density at radius 1 is 1.25 bits per heavy atom. The second-order valence-electron chi connectivity index (χ2n) is 5.98. The number of nitrogens with two attached hydrogens (primary N) is 1. The van der Waals surface area contributed by atoms with E-state index < -0.39 is 5.54 Å². The molecule has 0 saturated heterocycles. The number of urea groups is 1. The molecule has 1 unspecified atom stereocenters. The summed E-state index contributed by atoms with van der Waals surface area (Å²) in [7, 11) is 0. The van der Waals surface area contributed by atoms with Gasteiger partial charge in [-0.25, -0.2) is 4.79 Å². The normalized spacial score (nSPS) is 22.1. The van der Waals surface area contributed by atoms with Crippen LogP contribution in [0.2, 0.25) is 0 Å². The van der Waals surface area contributed by atoms with Crippen LogP contribution in [-0.2, 0) is 4.79 Å². The van der Waals surface area contributed by atoms with Gasteiger partial charge in [0.25, 0.3) is 0 Å². The highest BCUT2D eigenvalue weighted by Gasteiger charge is 2.42. The Labute approximate surface area is 120 Å². The average Bonchev–Trinajstić information content (AvgIpc) is 3.17. The minimum atomic E-state index is -0.747. The van der Waals surface area contributed by atoms with Crippen LogP contribution in [0.3, 0.4) is 0 Å². The lowest BCUT2D eigenvalue weighted by Crippen LogP contribution is -2.60. The number of hydrogen-bond donors (Lipinski definition) is 4. The first-order valence-corrected chi connectivity index (χ1v) is 7.67. The van der Waals surface area contributed by atoms with E-state index in [-0.39, 0.29) is 18.0 Å². The highest BCUT2D eigenvalue weighted by atomic mass is 16.2. The molecular formula is C14H26N4O2. The van der Waals surface area contributed by atoms with Gasteiger partial charge in [-0.2, -0.15) is 0 Å². The molecule has 0 aromatic heterocycles. The van der Waals surface area contributed by atoms with Gasteiger partial charge in [-0.1, -0.05) is 12.8 Å². The molecule has 1 atom stereocenters. The topological polar surface area (TPSA) is 96.2 Å². The second kappa shape index (κ2) is 6.43. The first-order chi connectivity index (χ1) is 9.57. The first kappa shape index (κ1) is 15.1. The van der Waals surface area contributed by atoms with Crippen molar-refractivity contribution in [1.29, 1.82) is 0 Å². The van der Waals surface area contributed by atoms with Gasteiger partial charge in [-0.15, -0.1) is 0 Å². The van der Waals surface area contributed by atoms with Gasteiger partial charge in [-0.3, -0.25) is 4.79 Å². The van der Waals surface area contributed by atoms with Gasteiger partial charge in [0.05, 0.1) is 0 Å². The van der Waals surface area contributed by atoms with Crippen LogP contribution in [0, 0.1) is 5.92 Å². The highest BCUT2D eigenvalue weighted by Crippen LogP contribution is 2.32. The van der Waals surface area contributed by atoms with Gasteiger partial charge in [0.2, 0.25) is 5.91 Å². The lowest BCUT2D eigenvalue weighted by Gasteiger charge is -2.29. The molecule has 0 radical (unpaired) electrons. The molecule has 2 aliphatic rings. The molecule has 0 heterocycles. The minimum Gasteiger partial charge on any atom is -0.352 e. The van der Waals surface area contributed by atoms with Gasteiger partial charge in [0.1, 0.15) is 5.54 Å². The van der Waals surface area contributed by atoms with Crippen LogP contribution in [0.15, 0.2) is 0 Å². The van der Waals surface area contributed by atoms with Gasteiger partial charge in [0, 0.05) is 19.1 Å². The summed E-state index contributed by atoms with van der Waals surface area (Å²) in [5.41, 5.74) is 5.26. The Bertz CT molecular complexity index is 362. The van der Waals surface area contributed by atoms with E-state index in [1.807, 2.05) is 6.92 Å². The molecule has 0 spiro atoms. The summed E-state index contributed by atoms with van der Waals surface area (Å²) >= 11 is 0. The van der Waals surface area contributed by atoms with Crippen molar-refractivity contribution in [2.75, 3.05) is 13.1 Å². The van der Waals surface area contributed by atoms with E-state index in [1.165, 1.54) is 12.8 Å². The third-order valence-electron chi connectivity index (χ3n) is 4.31. The molecule has 0 aromatic rings. The van der Waals surface area contributed by atoms with E-state index in [4.69, 9.17) is 5.73 Å². The molecule has 0 aliphatic heterocycles. The van der Waals surface area contributed by atoms with E-state index in [0.29, 0.717) is 31.8 Å². The van der Waals surface area contributed by atoms with Crippen molar-refractivity contribution in [3.05, 3.63) is 0 Å². The van der Waals surface area contributed by atoms with E-state index in [1.54, 1.807) is 0 Å². The van der Waals surface area contributed by atoms with Gasteiger partial charge in [0.15, 0.2) is 0 Å². The van der Waals surface area contributed by atoms with Crippen molar-refractivity contribution in [3.63, 3.8) is 0 Å². The molecule has 2 fully saturated rings. The van der Waals surface area contributed by atoms with Crippen LogP contribution < -0.4 is 21.7 Å². The van der Waals surface area contributed by atoms with Gasteiger partial charge >= 0.3 is 6.03 Å². The second-order valence-corrected chi connectivity index (χ2v) is 5.98. The quantitative estimate of drug-likeness (QED) is 0.570. The molecule has 2 aliphatic carbocycles. The maximum absolute atomic E-state index is 12.4. The molecule has 6 nitrogen and oxygen atoms in total. The Balaban J connectivity index is 1.88. The zero-order chi connectivity index (χ0) is 14.6. The fraction of sp³-hybridized carbons (Fsp3) is 0.857. The third kappa shape index (κ3) is 3.62. The largest absolute Gasteiger partial charge is 0.352 e. The Morgan fingerprint density at radius 3 is 2.45 bits per heavy atom. The molecule has 6 heteroatoms. The summed E-state index contributed by atoms with van der Waals surface area (Å²) in [5.74, 6) is 0.475.